The minimum atomic E-state index is 0.162. The Morgan fingerprint density at radius 2 is 0.755 bits per heavy atom. The lowest BCUT2D eigenvalue weighted by Gasteiger charge is -2.26. The van der Waals surface area contributed by atoms with Crippen molar-refractivity contribution in [2.45, 2.75) is 87.9 Å². The Kier molecular flexibility index (Phi) is 20.7. The van der Waals surface area contributed by atoms with E-state index in [0.717, 1.165) is 228 Å². The molecular formula is C78H78ClN11O8S4. The maximum Gasteiger partial charge on any atom is 0.186 e. The summed E-state index contributed by atoms with van der Waals surface area (Å²) in [6.45, 7) is 12.5. The lowest BCUT2D eigenvalue weighted by atomic mass is 9.84. The zero-order chi connectivity index (χ0) is 69.0. The lowest BCUT2D eigenvalue weighted by molar-refractivity contribution is 0.0965. The van der Waals surface area contributed by atoms with Crippen LogP contribution in [0.15, 0.2) is 128 Å². The van der Waals surface area contributed by atoms with E-state index < -0.39 is 0 Å². The van der Waals surface area contributed by atoms with E-state index in [2.05, 4.69) is 114 Å². The number of rotatable bonds is 8. The normalized spacial score (nSPS) is 20.8. The van der Waals surface area contributed by atoms with E-state index in [0.29, 0.717) is 25.7 Å². The molecule has 4 aliphatic heterocycles. The first-order valence-electron chi connectivity index (χ1n) is 35.6. The number of aromatic nitrogens is 7. The first kappa shape index (κ1) is 68.2. The number of hydrogen-bond donors (Lipinski definition) is 1. The molecule has 11 aromatic rings. The summed E-state index contributed by atoms with van der Waals surface area (Å²) in [7, 11) is 0. The van der Waals surface area contributed by atoms with Gasteiger partial charge in [0, 0.05) is 130 Å². The summed E-state index contributed by atoms with van der Waals surface area (Å²) in [5.41, 5.74) is 9.74. The maximum atomic E-state index is 12.7. The van der Waals surface area contributed by atoms with Gasteiger partial charge >= 0.3 is 0 Å². The van der Waals surface area contributed by atoms with Gasteiger partial charge in [-0.3, -0.25) is 29.3 Å². The van der Waals surface area contributed by atoms with E-state index in [1.54, 1.807) is 34.0 Å². The number of Topliss-reactive ketones (excluding diaryl/α,β-unsaturated/α-hetero) is 4. The average Bonchev–Trinajstić information content (AvgIpc) is 1.61. The molecule has 8 aliphatic rings. The molecule has 524 valence electrons. The van der Waals surface area contributed by atoms with Crippen LogP contribution in [0.3, 0.4) is 0 Å². The standard InChI is InChI=1S/C21H21N3O2S.C21H20N2O2S.C19H20N4O2S.C17H17ClN2O2S/c25-18-3-1-2-17(15-5-4-14-6-7-22-13-16(14)12-15)19-20(18)27-21(23-19)24-8-10-26-11-9-24;24-18-8-7-17(16-6-5-14-3-1-2-4-15(14)13-16)19-20(18)26-21(22-19)23-9-11-25-12-10-23;24-16-3-1-2-14(12-4-5-13-11-20-22-15(13)10-12)17-18(16)26-19(21-17)23-6-8-25-9-7-23;18-12-3-1-11(2-4-12)13-5-6-14(21)16-15(13)19-17(23-16)20-7-9-22-10-8-20/h4-7,12-13,17H,1-3,8-11H2;1-6,13,17H,7-12H2;4-5,10-11,14H,1-3,6-9H2,(H,20,22);1-4,13H,5-10H2. The monoisotopic (exact) mass is 1460 g/mol. The number of carbonyl (C=O) groups is 4. The van der Waals surface area contributed by atoms with E-state index in [1.807, 2.05) is 48.9 Å². The molecule has 10 heterocycles. The highest BCUT2D eigenvalue weighted by Gasteiger charge is 2.37. The number of pyridine rings is 1. The van der Waals surface area contributed by atoms with E-state index >= 15 is 0 Å². The summed E-state index contributed by atoms with van der Waals surface area (Å²) in [4.78, 5) is 86.5. The van der Waals surface area contributed by atoms with Gasteiger partial charge in [-0.1, -0.05) is 136 Å². The van der Waals surface area contributed by atoms with Crippen molar-refractivity contribution in [3.8, 4) is 0 Å². The molecule has 102 heavy (non-hydrogen) atoms. The molecule has 19 rings (SSSR count). The topological polar surface area (TPSA) is 211 Å². The summed E-state index contributed by atoms with van der Waals surface area (Å²) in [5.74, 6) is 1.67. The number of morpholine rings is 4. The molecule has 0 amide bonds. The summed E-state index contributed by atoms with van der Waals surface area (Å²) >= 11 is 12.2. The number of nitrogens with zero attached hydrogens (tertiary/aromatic N) is 10. The fraction of sp³-hybridized carbons (Fsp3) is 0.385. The number of nitrogens with one attached hydrogen (secondary N) is 1. The van der Waals surface area contributed by atoms with Crippen LogP contribution in [0.25, 0.3) is 32.4 Å². The number of thiazole rings is 4. The molecule has 0 spiro atoms. The smallest absolute Gasteiger partial charge is 0.186 e. The van der Waals surface area contributed by atoms with E-state index in [4.69, 9.17) is 50.5 Å². The highest BCUT2D eigenvalue weighted by Crippen LogP contribution is 2.46. The van der Waals surface area contributed by atoms with Crippen LogP contribution in [0.5, 0.6) is 0 Å². The Labute approximate surface area is 612 Å². The number of fused-ring (bicyclic) bond motifs is 7. The molecule has 19 nitrogen and oxygen atoms in total. The number of anilines is 4. The van der Waals surface area contributed by atoms with Crippen molar-refractivity contribution < 1.29 is 38.1 Å². The summed E-state index contributed by atoms with van der Waals surface area (Å²) in [6, 6.07) is 37.9. The predicted octanol–water partition coefficient (Wildman–Crippen LogP) is 15.4. The SMILES string of the molecule is O=C1CCC(c2ccc(Cl)cc2)c2nc(N3CCOCC3)sc21.O=C1CCC(c2ccc3ccccc3c2)c2nc(N3CCOCC3)sc21.O=C1CCCC(c2ccc3ccncc3c2)c2nc(N3CCOCC3)sc21.O=C1CCCC(c2ccc3cn[nH]c3c2)c2nc(N3CCOCC3)sc21. The van der Waals surface area contributed by atoms with Gasteiger partial charge in [-0.15, -0.1) is 0 Å². The van der Waals surface area contributed by atoms with Crippen molar-refractivity contribution in [3.63, 3.8) is 0 Å². The van der Waals surface area contributed by atoms with Gasteiger partial charge in [0.25, 0.3) is 0 Å². The minimum absolute atomic E-state index is 0.162. The third-order valence-electron chi connectivity index (χ3n) is 20.5. The highest BCUT2D eigenvalue weighted by molar-refractivity contribution is 7.18. The van der Waals surface area contributed by atoms with Crippen LogP contribution in [-0.2, 0) is 18.9 Å². The van der Waals surface area contributed by atoms with Crippen molar-refractivity contribution in [1.29, 1.82) is 0 Å². The number of halogens is 1. The van der Waals surface area contributed by atoms with E-state index in [-0.39, 0.29) is 46.8 Å². The number of aromatic amines is 1. The van der Waals surface area contributed by atoms with E-state index in [9.17, 15) is 19.2 Å². The Balaban J connectivity index is 0.000000105. The summed E-state index contributed by atoms with van der Waals surface area (Å²) in [5, 5.41) is 17.7. The number of benzene rings is 5. The van der Waals surface area contributed by atoms with Crippen molar-refractivity contribution in [2.75, 3.05) is 125 Å². The largest absolute Gasteiger partial charge is 0.378 e. The molecule has 4 saturated heterocycles. The molecule has 5 aromatic carbocycles. The van der Waals surface area contributed by atoms with Gasteiger partial charge in [-0.05, 0) is 107 Å². The van der Waals surface area contributed by atoms with Gasteiger partial charge in [0.1, 0.15) is 0 Å². The lowest BCUT2D eigenvalue weighted by Crippen LogP contribution is -2.36. The summed E-state index contributed by atoms with van der Waals surface area (Å²) in [6.07, 6.45) is 13.4. The quantitative estimate of drug-likeness (QED) is 0.140. The zero-order valence-electron chi connectivity index (χ0n) is 56.6. The minimum Gasteiger partial charge on any atom is -0.378 e. The molecular weight excluding hydrogens is 1380 g/mol. The number of ketones is 4. The van der Waals surface area contributed by atoms with Crippen LogP contribution in [0.1, 0.15) is 172 Å². The molecule has 0 saturated carbocycles. The molecule has 0 bridgehead atoms. The van der Waals surface area contributed by atoms with Crippen LogP contribution in [0.4, 0.5) is 20.5 Å². The molecule has 24 heteroatoms. The van der Waals surface area contributed by atoms with E-state index in [1.165, 1.54) is 49.7 Å². The highest BCUT2D eigenvalue weighted by atomic mass is 35.5. The van der Waals surface area contributed by atoms with Crippen molar-refractivity contribution in [3.05, 3.63) is 197 Å². The van der Waals surface area contributed by atoms with Crippen LogP contribution in [-0.4, -0.2) is 163 Å². The average molecular weight is 1460 g/mol. The molecule has 1 N–H and O–H groups in total. The zero-order valence-corrected chi connectivity index (χ0v) is 60.6. The van der Waals surface area contributed by atoms with Gasteiger partial charge in [0.05, 0.1) is 107 Å². The fourth-order valence-corrected chi connectivity index (χ4v) is 19.7. The molecule has 4 atom stereocenters. The Morgan fingerprint density at radius 3 is 1.22 bits per heavy atom. The third kappa shape index (κ3) is 14.7. The second kappa shape index (κ2) is 31.0. The fourth-order valence-electron chi connectivity index (χ4n) is 15.0. The van der Waals surface area contributed by atoms with Gasteiger partial charge in [0.15, 0.2) is 43.7 Å². The van der Waals surface area contributed by atoms with Crippen LogP contribution in [0.2, 0.25) is 5.02 Å². The third-order valence-corrected chi connectivity index (χ3v) is 25.5. The number of ether oxygens (including phenoxy) is 4. The van der Waals surface area contributed by atoms with Crippen LogP contribution >= 0.6 is 56.9 Å². The molecule has 4 unspecified atom stereocenters. The van der Waals surface area contributed by atoms with Crippen LogP contribution in [0, 0.1) is 0 Å². The summed E-state index contributed by atoms with van der Waals surface area (Å²) < 4.78 is 21.8. The number of hydrogen-bond acceptors (Lipinski definition) is 22. The van der Waals surface area contributed by atoms with Crippen molar-refractivity contribution in [1.82, 2.24) is 35.1 Å². The Bertz CT molecular complexity index is 4850. The Hall–Kier alpha value is -8.23. The van der Waals surface area contributed by atoms with Crippen molar-refractivity contribution in [2.24, 2.45) is 0 Å². The van der Waals surface area contributed by atoms with Crippen LogP contribution < -0.4 is 19.6 Å². The predicted molar refractivity (Wildman–Crippen MR) is 405 cm³/mol. The van der Waals surface area contributed by atoms with Gasteiger partial charge < -0.3 is 38.5 Å². The van der Waals surface area contributed by atoms with Gasteiger partial charge in [-0.25, -0.2) is 19.9 Å². The second-order valence-corrected chi connectivity index (χ2v) is 31.2. The van der Waals surface area contributed by atoms with Gasteiger partial charge in [-0.2, -0.15) is 5.10 Å². The molecule has 4 fully saturated rings. The number of H-pyrrole nitrogens is 1. The first-order chi connectivity index (χ1) is 50.1. The molecule has 4 aliphatic carbocycles. The molecule has 6 aromatic heterocycles. The molecule has 0 radical (unpaired) electrons. The maximum absolute atomic E-state index is 12.7. The first-order valence-corrected chi connectivity index (χ1v) is 39.2. The number of carbonyl (C=O) groups excluding carboxylic acids is 4. The van der Waals surface area contributed by atoms with Crippen molar-refractivity contribution >= 4 is 133 Å². The van der Waals surface area contributed by atoms with Gasteiger partial charge in [0.2, 0.25) is 0 Å². The Morgan fingerprint density at radius 1 is 0.382 bits per heavy atom. The second-order valence-electron chi connectivity index (χ2n) is 26.9.